The summed E-state index contributed by atoms with van der Waals surface area (Å²) in [5.41, 5.74) is 0.416. The van der Waals surface area contributed by atoms with Crippen molar-refractivity contribution in [2.75, 3.05) is 0 Å². The number of nitrogens with zero attached hydrogens (tertiary/aromatic N) is 4. The quantitative estimate of drug-likeness (QED) is 0.218. The summed E-state index contributed by atoms with van der Waals surface area (Å²) in [5, 5.41) is 18.5. The van der Waals surface area contributed by atoms with Gasteiger partial charge in [-0.2, -0.15) is 0 Å². The van der Waals surface area contributed by atoms with E-state index in [2.05, 4.69) is 10.2 Å². The van der Waals surface area contributed by atoms with Crippen LogP contribution in [0.25, 0.3) is 11.5 Å². The number of hydrogen-bond acceptors (Lipinski definition) is 9. The summed E-state index contributed by atoms with van der Waals surface area (Å²) in [5.74, 6) is -2.26. The molecule has 0 spiro atoms. The zero-order chi connectivity index (χ0) is 23.9. The highest BCUT2D eigenvalue weighted by atomic mass is 35.5. The molecule has 0 saturated carbocycles. The molecular weight excluding hydrogens is 479 g/mol. The maximum Gasteiger partial charge on any atom is 0.329 e. The zero-order valence-corrected chi connectivity index (χ0v) is 18.2. The van der Waals surface area contributed by atoms with Crippen molar-refractivity contribution in [1.29, 1.82) is 0 Å². The Kier molecular flexibility index (Phi) is 5.83. The number of non-ortho nitro benzene ring substituents is 1. The van der Waals surface area contributed by atoms with Crippen LogP contribution in [0.2, 0.25) is 10.0 Å². The van der Waals surface area contributed by atoms with Gasteiger partial charge in [-0.15, -0.1) is 10.2 Å². The van der Waals surface area contributed by atoms with E-state index in [-0.39, 0.29) is 38.6 Å². The smallest absolute Gasteiger partial charge is 0.329 e. The van der Waals surface area contributed by atoms with Crippen LogP contribution in [0.4, 0.5) is 5.69 Å². The molecule has 2 heterocycles. The third kappa shape index (κ3) is 4.15. The first-order chi connectivity index (χ1) is 15.7. The molecule has 0 saturated heterocycles. The van der Waals surface area contributed by atoms with Crippen molar-refractivity contribution >= 4 is 46.7 Å². The predicted octanol–water partition coefficient (Wildman–Crippen LogP) is 3.68. The van der Waals surface area contributed by atoms with Gasteiger partial charge in [0.15, 0.2) is 6.61 Å². The molecule has 4 rings (SSSR count). The minimum absolute atomic E-state index is 0.0405. The lowest BCUT2D eigenvalue weighted by atomic mass is 10.1. The molecule has 2 amide bonds. The van der Waals surface area contributed by atoms with Crippen LogP contribution in [-0.2, 0) is 16.1 Å². The van der Waals surface area contributed by atoms with Crippen LogP contribution < -0.4 is 0 Å². The maximum atomic E-state index is 12.6. The van der Waals surface area contributed by atoms with E-state index in [1.54, 1.807) is 0 Å². The highest BCUT2D eigenvalue weighted by molar-refractivity contribution is 6.43. The molecule has 0 aliphatic carbocycles. The first-order valence-corrected chi connectivity index (χ1v) is 10.0. The summed E-state index contributed by atoms with van der Waals surface area (Å²) < 4.78 is 10.5. The number of imide groups is 1. The summed E-state index contributed by atoms with van der Waals surface area (Å²) in [6, 6.07) is 6.74. The van der Waals surface area contributed by atoms with Gasteiger partial charge in [0.25, 0.3) is 23.4 Å². The van der Waals surface area contributed by atoms with Gasteiger partial charge < -0.3 is 9.15 Å². The number of rotatable bonds is 6. The average Bonchev–Trinajstić information content (AvgIpc) is 3.36. The number of hydrogen-bond donors (Lipinski definition) is 0. The van der Waals surface area contributed by atoms with Crippen LogP contribution in [0.5, 0.6) is 0 Å². The van der Waals surface area contributed by atoms with Crippen LogP contribution >= 0.6 is 23.2 Å². The summed E-state index contributed by atoms with van der Waals surface area (Å²) >= 11 is 11.8. The molecular formula is C20H12Cl2N4O7. The minimum atomic E-state index is -1.24. The van der Waals surface area contributed by atoms with Gasteiger partial charge in [-0.3, -0.25) is 24.6 Å². The molecule has 168 valence electrons. The molecule has 1 aliphatic heterocycles. The van der Waals surface area contributed by atoms with Crippen molar-refractivity contribution in [1.82, 2.24) is 15.1 Å². The summed E-state index contributed by atoms with van der Waals surface area (Å²) in [6.45, 7) is 0.924. The monoisotopic (exact) mass is 490 g/mol. The molecule has 0 N–H and O–H groups in total. The molecule has 13 heteroatoms. The molecule has 2 aromatic carbocycles. The fraction of sp³-hybridized carbons (Fsp3) is 0.150. The Bertz CT molecular complexity index is 1270. The summed E-state index contributed by atoms with van der Waals surface area (Å²) in [6.07, 6.45) is 0. The van der Waals surface area contributed by atoms with E-state index in [1.165, 1.54) is 43.3 Å². The van der Waals surface area contributed by atoms with Crippen molar-refractivity contribution in [2.24, 2.45) is 0 Å². The topological polar surface area (TPSA) is 146 Å². The second-order valence-electron chi connectivity index (χ2n) is 6.88. The number of nitro benzene ring substituents is 1. The van der Waals surface area contributed by atoms with Crippen LogP contribution in [0, 0.1) is 10.1 Å². The van der Waals surface area contributed by atoms with Gasteiger partial charge in [-0.1, -0.05) is 23.2 Å². The molecule has 0 radical (unpaired) electrons. The van der Waals surface area contributed by atoms with E-state index in [0.29, 0.717) is 5.56 Å². The van der Waals surface area contributed by atoms with E-state index in [0.717, 1.165) is 4.90 Å². The van der Waals surface area contributed by atoms with Crippen LogP contribution in [0.3, 0.4) is 0 Å². The average molecular weight is 491 g/mol. The minimum Gasteiger partial charge on any atom is -0.454 e. The molecule has 0 fully saturated rings. The second-order valence-corrected chi connectivity index (χ2v) is 7.70. The molecule has 1 aromatic heterocycles. The third-order valence-corrected chi connectivity index (χ3v) is 5.54. The van der Waals surface area contributed by atoms with Crippen molar-refractivity contribution in [3.63, 3.8) is 0 Å². The fourth-order valence-corrected chi connectivity index (χ4v) is 3.44. The number of esters is 1. The van der Waals surface area contributed by atoms with Gasteiger partial charge in [0.1, 0.15) is 6.04 Å². The van der Waals surface area contributed by atoms with Crippen molar-refractivity contribution in [3.8, 4) is 11.5 Å². The Balaban J connectivity index is 1.42. The number of halogens is 2. The SMILES string of the molecule is CC(C(=O)OCc1nnc(-c2ccc([N+](=O)[O-])cc2)o1)N1C(=O)c2cc(Cl)c(Cl)cc2C1=O. The van der Waals surface area contributed by atoms with Crippen LogP contribution in [0.1, 0.15) is 33.5 Å². The van der Waals surface area contributed by atoms with E-state index < -0.39 is 35.4 Å². The van der Waals surface area contributed by atoms with E-state index in [9.17, 15) is 24.5 Å². The Morgan fingerprint density at radius 2 is 1.70 bits per heavy atom. The molecule has 1 unspecified atom stereocenters. The highest BCUT2D eigenvalue weighted by Gasteiger charge is 2.42. The van der Waals surface area contributed by atoms with Gasteiger partial charge in [0.05, 0.1) is 26.1 Å². The molecule has 0 bridgehead atoms. The Morgan fingerprint density at radius 1 is 1.12 bits per heavy atom. The van der Waals surface area contributed by atoms with Gasteiger partial charge in [0, 0.05) is 17.7 Å². The standard InChI is InChI=1S/C20H12Cl2N4O7/c1-9(25-18(27)12-6-14(21)15(22)7-13(12)19(25)28)20(29)32-8-16-23-24-17(33-16)10-2-4-11(5-3-10)26(30)31/h2-7,9H,8H2,1H3. The summed E-state index contributed by atoms with van der Waals surface area (Å²) in [7, 11) is 0. The first kappa shape index (κ1) is 22.4. The predicted molar refractivity (Wildman–Crippen MR) is 113 cm³/mol. The zero-order valence-electron chi connectivity index (χ0n) is 16.7. The molecule has 1 atom stereocenters. The van der Waals surface area contributed by atoms with Gasteiger partial charge in [-0.25, -0.2) is 4.79 Å². The number of aromatic nitrogens is 2. The number of carbonyl (C=O) groups excluding carboxylic acids is 3. The Labute approximate surface area is 195 Å². The number of benzene rings is 2. The molecule has 3 aromatic rings. The highest BCUT2D eigenvalue weighted by Crippen LogP contribution is 2.32. The van der Waals surface area contributed by atoms with E-state index >= 15 is 0 Å². The van der Waals surface area contributed by atoms with E-state index in [4.69, 9.17) is 32.4 Å². The number of carbonyl (C=O) groups is 3. The Morgan fingerprint density at radius 3 is 2.24 bits per heavy atom. The van der Waals surface area contributed by atoms with Crippen LogP contribution in [0.15, 0.2) is 40.8 Å². The lowest BCUT2D eigenvalue weighted by molar-refractivity contribution is -0.384. The van der Waals surface area contributed by atoms with Crippen LogP contribution in [-0.4, -0.2) is 43.8 Å². The lowest BCUT2D eigenvalue weighted by Gasteiger charge is -2.20. The molecule has 11 nitrogen and oxygen atoms in total. The molecule has 1 aliphatic rings. The van der Waals surface area contributed by atoms with Gasteiger partial charge >= 0.3 is 5.97 Å². The second kappa shape index (κ2) is 8.60. The lowest BCUT2D eigenvalue weighted by Crippen LogP contribution is -2.43. The third-order valence-electron chi connectivity index (χ3n) is 4.82. The largest absolute Gasteiger partial charge is 0.454 e. The van der Waals surface area contributed by atoms with Crippen molar-refractivity contribution in [2.45, 2.75) is 19.6 Å². The number of nitro groups is 1. The first-order valence-electron chi connectivity index (χ1n) is 9.28. The molecule has 33 heavy (non-hydrogen) atoms. The fourth-order valence-electron chi connectivity index (χ4n) is 3.12. The van der Waals surface area contributed by atoms with E-state index in [1.807, 2.05) is 0 Å². The number of fused-ring (bicyclic) bond motifs is 1. The number of ether oxygens (including phenoxy) is 1. The summed E-state index contributed by atoms with van der Waals surface area (Å²) in [4.78, 5) is 48.7. The Hall–Kier alpha value is -3.83. The maximum absolute atomic E-state index is 12.6. The van der Waals surface area contributed by atoms with Gasteiger partial charge in [-0.05, 0) is 31.2 Å². The van der Waals surface area contributed by atoms with Gasteiger partial charge in [0.2, 0.25) is 5.89 Å². The van der Waals surface area contributed by atoms with Crippen molar-refractivity contribution in [3.05, 3.63) is 73.6 Å². The van der Waals surface area contributed by atoms with Crippen molar-refractivity contribution < 1.29 is 28.5 Å². The number of amides is 2. The normalized spacial score (nSPS) is 13.7.